The number of carbonyl (C=O) groups excluding carboxylic acids is 1. The molecular weight excluding hydrogens is 310 g/mol. The second-order valence-electron chi connectivity index (χ2n) is 5.51. The number of hydrogen-bond acceptors (Lipinski definition) is 6. The Morgan fingerprint density at radius 3 is 2.50 bits per heavy atom. The summed E-state index contributed by atoms with van der Waals surface area (Å²) in [6, 6.07) is 12.7. The van der Waals surface area contributed by atoms with Crippen LogP contribution in [-0.2, 0) is 16.0 Å². The third-order valence-electron chi connectivity index (χ3n) is 3.34. The maximum absolute atomic E-state index is 11.9. The highest BCUT2D eigenvalue weighted by Gasteiger charge is 2.18. The number of para-hydroxylation sites is 1. The van der Waals surface area contributed by atoms with Gasteiger partial charge in [0.15, 0.2) is 11.5 Å². The van der Waals surface area contributed by atoms with Crippen molar-refractivity contribution in [3.8, 4) is 17.2 Å². The number of esters is 1. The van der Waals surface area contributed by atoms with E-state index in [9.17, 15) is 15.0 Å². The van der Waals surface area contributed by atoms with Gasteiger partial charge in [0.25, 0.3) is 0 Å². The van der Waals surface area contributed by atoms with Gasteiger partial charge in [-0.25, -0.2) is 0 Å². The van der Waals surface area contributed by atoms with Gasteiger partial charge in [-0.1, -0.05) is 24.3 Å². The van der Waals surface area contributed by atoms with E-state index in [1.807, 2.05) is 30.3 Å². The van der Waals surface area contributed by atoms with Gasteiger partial charge in [-0.2, -0.15) is 0 Å². The number of carbonyl (C=O) groups is 1. The van der Waals surface area contributed by atoms with E-state index in [0.29, 0.717) is 11.3 Å². The molecule has 0 radical (unpaired) electrons. The molecule has 0 aliphatic carbocycles. The van der Waals surface area contributed by atoms with E-state index < -0.39 is 12.0 Å². The zero-order chi connectivity index (χ0) is 17.5. The van der Waals surface area contributed by atoms with Crippen LogP contribution < -0.4 is 10.5 Å². The van der Waals surface area contributed by atoms with Gasteiger partial charge in [-0.15, -0.1) is 0 Å². The summed E-state index contributed by atoms with van der Waals surface area (Å²) in [7, 11) is 0. The van der Waals surface area contributed by atoms with Crippen LogP contribution in [0, 0.1) is 0 Å². The minimum Gasteiger partial charge on any atom is -0.504 e. The average molecular weight is 331 g/mol. The van der Waals surface area contributed by atoms with Crippen LogP contribution in [0.3, 0.4) is 0 Å². The van der Waals surface area contributed by atoms with E-state index in [4.69, 9.17) is 15.2 Å². The zero-order valence-corrected chi connectivity index (χ0v) is 13.4. The predicted octanol–water partition coefficient (Wildman–Crippen LogP) is 1.98. The zero-order valence-electron chi connectivity index (χ0n) is 13.4. The maximum atomic E-state index is 11.9. The van der Waals surface area contributed by atoms with Gasteiger partial charge in [-0.3, -0.25) is 4.79 Å². The molecule has 24 heavy (non-hydrogen) atoms. The molecule has 6 heteroatoms. The van der Waals surface area contributed by atoms with Crippen molar-refractivity contribution >= 4 is 5.97 Å². The van der Waals surface area contributed by atoms with E-state index >= 15 is 0 Å². The molecular formula is C18H21NO5. The predicted molar refractivity (Wildman–Crippen MR) is 88.9 cm³/mol. The number of phenolic OH excluding ortho intramolecular Hbond substituents is 2. The number of phenols is 2. The van der Waals surface area contributed by atoms with Crippen LogP contribution in [0.5, 0.6) is 17.2 Å². The summed E-state index contributed by atoms with van der Waals surface area (Å²) in [5.74, 6) is -0.323. The van der Waals surface area contributed by atoms with Crippen molar-refractivity contribution in [1.82, 2.24) is 0 Å². The van der Waals surface area contributed by atoms with Gasteiger partial charge in [0.05, 0.1) is 0 Å². The fourth-order valence-electron chi connectivity index (χ4n) is 2.11. The Kier molecular flexibility index (Phi) is 6.03. The standard InChI is InChI=1S/C18H21NO5/c1-12(24-14-5-3-2-4-6-14)11-23-18(22)15(19)9-13-7-8-16(20)17(21)10-13/h2-8,10,12,15,20-21H,9,11,19H2,1H3/t12-,15+/m1/s1. The van der Waals surface area contributed by atoms with E-state index in [2.05, 4.69) is 0 Å². The highest BCUT2D eigenvalue weighted by atomic mass is 16.6. The maximum Gasteiger partial charge on any atom is 0.323 e. The van der Waals surface area contributed by atoms with Crippen LogP contribution in [0.25, 0.3) is 0 Å². The molecule has 0 aromatic heterocycles. The SMILES string of the molecule is C[C@H](COC(=O)[C@@H](N)Cc1ccc(O)c(O)c1)Oc1ccccc1. The third-order valence-corrected chi connectivity index (χ3v) is 3.34. The molecule has 0 aliphatic heterocycles. The summed E-state index contributed by atoms with van der Waals surface area (Å²) >= 11 is 0. The van der Waals surface area contributed by atoms with Crippen LogP contribution in [0.1, 0.15) is 12.5 Å². The van der Waals surface area contributed by atoms with Crippen molar-refractivity contribution in [2.75, 3.05) is 6.61 Å². The van der Waals surface area contributed by atoms with Gasteiger partial charge >= 0.3 is 5.97 Å². The lowest BCUT2D eigenvalue weighted by atomic mass is 10.1. The minimum atomic E-state index is -0.863. The number of aromatic hydroxyl groups is 2. The minimum absolute atomic E-state index is 0.0856. The largest absolute Gasteiger partial charge is 0.504 e. The molecule has 0 fully saturated rings. The monoisotopic (exact) mass is 331 g/mol. The lowest BCUT2D eigenvalue weighted by molar-refractivity contribution is -0.147. The Bertz CT molecular complexity index is 674. The Hall–Kier alpha value is -2.73. The Labute approximate surface area is 140 Å². The lowest BCUT2D eigenvalue weighted by Gasteiger charge is -2.17. The van der Waals surface area contributed by atoms with Gasteiger partial charge in [0.1, 0.15) is 24.5 Å². The fraction of sp³-hybridized carbons (Fsp3) is 0.278. The Morgan fingerprint density at radius 2 is 1.83 bits per heavy atom. The highest BCUT2D eigenvalue weighted by Crippen LogP contribution is 2.25. The highest BCUT2D eigenvalue weighted by molar-refractivity contribution is 5.76. The summed E-state index contributed by atoms with van der Waals surface area (Å²) < 4.78 is 10.8. The first-order valence-electron chi connectivity index (χ1n) is 7.60. The van der Waals surface area contributed by atoms with Crippen LogP contribution in [0.4, 0.5) is 0 Å². The van der Waals surface area contributed by atoms with E-state index in [0.717, 1.165) is 0 Å². The molecule has 0 bridgehead atoms. The van der Waals surface area contributed by atoms with Crippen molar-refractivity contribution in [2.24, 2.45) is 5.73 Å². The van der Waals surface area contributed by atoms with E-state index in [1.54, 1.807) is 13.0 Å². The normalized spacial score (nSPS) is 13.1. The molecule has 2 aromatic carbocycles. The molecule has 0 saturated heterocycles. The van der Waals surface area contributed by atoms with Crippen molar-refractivity contribution in [2.45, 2.75) is 25.5 Å². The second kappa shape index (κ2) is 8.21. The average Bonchev–Trinajstić information content (AvgIpc) is 2.57. The summed E-state index contributed by atoms with van der Waals surface area (Å²) in [6.07, 6.45) is -0.109. The number of nitrogens with two attached hydrogens (primary N) is 1. The molecule has 4 N–H and O–H groups in total. The third kappa shape index (κ3) is 5.17. The van der Waals surface area contributed by atoms with Gasteiger partial charge in [0.2, 0.25) is 0 Å². The van der Waals surface area contributed by atoms with Gasteiger partial charge < -0.3 is 25.4 Å². The lowest BCUT2D eigenvalue weighted by Crippen LogP contribution is -2.36. The first-order chi connectivity index (χ1) is 11.5. The molecule has 2 aromatic rings. The molecule has 0 spiro atoms. The first kappa shape index (κ1) is 17.6. The Morgan fingerprint density at radius 1 is 1.12 bits per heavy atom. The summed E-state index contributed by atoms with van der Waals surface area (Å²) in [6.45, 7) is 1.88. The molecule has 2 rings (SSSR count). The van der Waals surface area contributed by atoms with Crippen LogP contribution in [0.15, 0.2) is 48.5 Å². The molecule has 0 heterocycles. The fourth-order valence-corrected chi connectivity index (χ4v) is 2.11. The molecule has 0 aliphatic rings. The van der Waals surface area contributed by atoms with E-state index in [-0.39, 0.29) is 30.6 Å². The molecule has 6 nitrogen and oxygen atoms in total. The Balaban J connectivity index is 1.79. The van der Waals surface area contributed by atoms with Crippen LogP contribution >= 0.6 is 0 Å². The quantitative estimate of drug-likeness (QED) is 0.530. The van der Waals surface area contributed by atoms with Gasteiger partial charge in [-0.05, 0) is 43.2 Å². The number of hydrogen-bond donors (Lipinski definition) is 3. The molecule has 128 valence electrons. The van der Waals surface area contributed by atoms with Crippen molar-refractivity contribution in [1.29, 1.82) is 0 Å². The second-order valence-corrected chi connectivity index (χ2v) is 5.51. The molecule has 0 amide bonds. The number of ether oxygens (including phenoxy) is 2. The topological polar surface area (TPSA) is 102 Å². The summed E-state index contributed by atoms with van der Waals surface area (Å²) in [5.41, 5.74) is 6.44. The number of benzene rings is 2. The van der Waals surface area contributed by atoms with Crippen molar-refractivity contribution in [3.63, 3.8) is 0 Å². The molecule has 0 unspecified atom stereocenters. The number of rotatable bonds is 7. The van der Waals surface area contributed by atoms with Gasteiger partial charge in [0, 0.05) is 0 Å². The van der Waals surface area contributed by atoms with Crippen molar-refractivity contribution < 1.29 is 24.5 Å². The summed E-state index contributed by atoms with van der Waals surface area (Å²) in [4.78, 5) is 11.9. The first-order valence-corrected chi connectivity index (χ1v) is 7.60. The summed E-state index contributed by atoms with van der Waals surface area (Å²) in [5, 5.41) is 18.7. The molecule has 2 atom stereocenters. The van der Waals surface area contributed by atoms with Crippen LogP contribution in [-0.4, -0.2) is 34.9 Å². The van der Waals surface area contributed by atoms with E-state index in [1.165, 1.54) is 12.1 Å². The molecule has 0 saturated carbocycles. The smallest absolute Gasteiger partial charge is 0.323 e. The van der Waals surface area contributed by atoms with Crippen LogP contribution in [0.2, 0.25) is 0 Å². The van der Waals surface area contributed by atoms with Crippen molar-refractivity contribution in [3.05, 3.63) is 54.1 Å².